The minimum atomic E-state index is 0.347. The quantitative estimate of drug-likeness (QED) is 0.651. The van der Waals surface area contributed by atoms with E-state index in [1.165, 1.54) is 0 Å². The number of hydrogen-bond donors (Lipinski definition) is 1. The Hall–Kier alpha value is -1.31. The molecule has 0 aliphatic heterocycles. The Morgan fingerprint density at radius 2 is 2.45 bits per heavy atom. The standard InChI is InChI=1S/C9H12N2/c1-3-7(2)8-4-5-11-9(10)6-8/h3-7H,1H2,2H3,(H2,10,11). The summed E-state index contributed by atoms with van der Waals surface area (Å²) in [5.41, 5.74) is 6.67. The van der Waals surface area contributed by atoms with Crippen molar-refractivity contribution in [3.63, 3.8) is 0 Å². The van der Waals surface area contributed by atoms with Crippen LogP contribution >= 0.6 is 0 Å². The smallest absolute Gasteiger partial charge is 0.123 e. The van der Waals surface area contributed by atoms with Gasteiger partial charge in [-0.05, 0) is 23.6 Å². The van der Waals surface area contributed by atoms with Crippen LogP contribution in [0.2, 0.25) is 0 Å². The van der Waals surface area contributed by atoms with Crippen LogP contribution in [0.5, 0.6) is 0 Å². The summed E-state index contributed by atoms with van der Waals surface area (Å²) in [4.78, 5) is 3.90. The molecular formula is C9H12N2. The summed E-state index contributed by atoms with van der Waals surface area (Å²) in [5.74, 6) is 0.913. The number of rotatable bonds is 2. The Bertz CT molecular complexity index is 255. The fourth-order valence-corrected chi connectivity index (χ4v) is 0.885. The molecule has 0 aromatic carbocycles. The van der Waals surface area contributed by atoms with E-state index < -0.39 is 0 Å². The van der Waals surface area contributed by atoms with Gasteiger partial charge in [0.15, 0.2) is 0 Å². The van der Waals surface area contributed by atoms with Gasteiger partial charge in [0.2, 0.25) is 0 Å². The van der Waals surface area contributed by atoms with Crippen LogP contribution < -0.4 is 5.73 Å². The Labute approximate surface area is 66.8 Å². The molecule has 0 amide bonds. The molecule has 2 heteroatoms. The largest absolute Gasteiger partial charge is 0.384 e. The highest BCUT2D eigenvalue weighted by Crippen LogP contribution is 2.16. The first-order valence-electron chi connectivity index (χ1n) is 3.58. The van der Waals surface area contributed by atoms with Crippen LogP contribution in [0.15, 0.2) is 31.0 Å². The van der Waals surface area contributed by atoms with Gasteiger partial charge in [0, 0.05) is 6.20 Å². The van der Waals surface area contributed by atoms with Gasteiger partial charge < -0.3 is 5.73 Å². The fourth-order valence-electron chi connectivity index (χ4n) is 0.885. The van der Waals surface area contributed by atoms with Crippen molar-refractivity contribution in [3.05, 3.63) is 36.5 Å². The molecule has 0 bridgehead atoms. The van der Waals surface area contributed by atoms with Crippen LogP contribution in [-0.4, -0.2) is 4.98 Å². The van der Waals surface area contributed by atoms with Gasteiger partial charge in [0.05, 0.1) is 0 Å². The molecule has 0 fully saturated rings. The number of nitrogens with zero attached hydrogens (tertiary/aromatic N) is 1. The maximum absolute atomic E-state index is 5.51. The number of anilines is 1. The summed E-state index contributed by atoms with van der Waals surface area (Å²) in [6, 6.07) is 3.81. The number of nitrogen functional groups attached to an aromatic ring is 1. The summed E-state index contributed by atoms with van der Waals surface area (Å²) in [5, 5.41) is 0. The lowest BCUT2D eigenvalue weighted by Gasteiger charge is -2.05. The molecule has 1 heterocycles. The Balaban J connectivity index is 2.95. The number of allylic oxidation sites excluding steroid dienone is 1. The van der Waals surface area contributed by atoms with Crippen molar-refractivity contribution in [2.24, 2.45) is 0 Å². The summed E-state index contributed by atoms with van der Waals surface area (Å²) in [6.45, 7) is 5.78. The lowest BCUT2D eigenvalue weighted by Crippen LogP contribution is -1.93. The lowest BCUT2D eigenvalue weighted by atomic mass is 10.0. The molecule has 0 saturated heterocycles. The van der Waals surface area contributed by atoms with Gasteiger partial charge in [-0.15, -0.1) is 6.58 Å². The average molecular weight is 148 g/mol. The van der Waals surface area contributed by atoms with Gasteiger partial charge in [-0.2, -0.15) is 0 Å². The molecule has 0 saturated carbocycles. The summed E-state index contributed by atoms with van der Waals surface area (Å²) in [6.07, 6.45) is 3.60. The van der Waals surface area contributed by atoms with E-state index >= 15 is 0 Å². The molecule has 0 aliphatic carbocycles. The first-order chi connectivity index (χ1) is 5.24. The molecule has 1 aromatic rings. The summed E-state index contributed by atoms with van der Waals surface area (Å²) >= 11 is 0. The highest BCUT2D eigenvalue weighted by atomic mass is 14.8. The number of nitrogens with two attached hydrogens (primary N) is 1. The molecule has 2 nitrogen and oxygen atoms in total. The van der Waals surface area contributed by atoms with Crippen LogP contribution in [0.1, 0.15) is 18.4 Å². The van der Waals surface area contributed by atoms with Gasteiger partial charge in [0.25, 0.3) is 0 Å². The second-order valence-electron chi connectivity index (χ2n) is 2.54. The number of aromatic nitrogens is 1. The van der Waals surface area contributed by atoms with Crippen molar-refractivity contribution < 1.29 is 0 Å². The number of pyridine rings is 1. The molecule has 1 unspecified atom stereocenters. The van der Waals surface area contributed by atoms with Gasteiger partial charge in [-0.3, -0.25) is 0 Å². The van der Waals surface area contributed by atoms with E-state index in [0.717, 1.165) is 5.56 Å². The second-order valence-corrected chi connectivity index (χ2v) is 2.54. The fraction of sp³-hybridized carbons (Fsp3) is 0.222. The van der Waals surface area contributed by atoms with E-state index in [2.05, 4.69) is 18.5 Å². The van der Waals surface area contributed by atoms with Crippen LogP contribution in [0.3, 0.4) is 0 Å². The van der Waals surface area contributed by atoms with E-state index in [1.807, 2.05) is 18.2 Å². The van der Waals surface area contributed by atoms with E-state index in [4.69, 9.17) is 5.73 Å². The predicted octanol–water partition coefficient (Wildman–Crippen LogP) is 1.95. The predicted molar refractivity (Wildman–Crippen MR) is 47.3 cm³/mol. The third-order valence-electron chi connectivity index (χ3n) is 1.68. The average Bonchev–Trinajstić information content (AvgIpc) is 2.03. The third-order valence-corrected chi connectivity index (χ3v) is 1.68. The minimum Gasteiger partial charge on any atom is -0.384 e. The molecule has 1 atom stereocenters. The maximum Gasteiger partial charge on any atom is 0.123 e. The first-order valence-corrected chi connectivity index (χ1v) is 3.58. The van der Waals surface area contributed by atoms with E-state index in [-0.39, 0.29) is 0 Å². The normalized spacial score (nSPS) is 12.5. The third kappa shape index (κ3) is 1.80. The molecule has 0 aliphatic rings. The molecule has 0 radical (unpaired) electrons. The summed E-state index contributed by atoms with van der Waals surface area (Å²) < 4.78 is 0. The zero-order valence-electron chi connectivity index (χ0n) is 6.62. The molecule has 1 rings (SSSR count). The van der Waals surface area contributed by atoms with Gasteiger partial charge in [-0.25, -0.2) is 4.98 Å². The number of hydrogen-bond acceptors (Lipinski definition) is 2. The maximum atomic E-state index is 5.51. The highest BCUT2D eigenvalue weighted by Gasteiger charge is 1.99. The van der Waals surface area contributed by atoms with Gasteiger partial charge >= 0.3 is 0 Å². The van der Waals surface area contributed by atoms with E-state index in [0.29, 0.717) is 11.7 Å². The Morgan fingerprint density at radius 3 is 3.00 bits per heavy atom. The van der Waals surface area contributed by atoms with Crippen molar-refractivity contribution >= 4 is 5.82 Å². The van der Waals surface area contributed by atoms with E-state index in [1.54, 1.807) is 6.20 Å². The SMILES string of the molecule is C=CC(C)c1ccnc(N)c1. The lowest BCUT2D eigenvalue weighted by molar-refractivity contribution is 0.966. The highest BCUT2D eigenvalue weighted by molar-refractivity contribution is 5.34. The van der Waals surface area contributed by atoms with Crippen LogP contribution in [0.25, 0.3) is 0 Å². The molecule has 11 heavy (non-hydrogen) atoms. The van der Waals surface area contributed by atoms with Gasteiger partial charge in [0.1, 0.15) is 5.82 Å². The van der Waals surface area contributed by atoms with Crippen molar-refractivity contribution in [1.82, 2.24) is 4.98 Å². The van der Waals surface area contributed by atoms with Crippen molar-refractivity contribution in [3.8, 4) is 0 Å². The van der Waals surface area contributed by atoms with Crippen molar-refractivity contribution in [2.75, 3.05) is 5.73 Å². The van der Waals surface area contributed by atoms with Crippen LogP contribution in [0, 0.1) is 0 Å². The zero-order chi connectivity index (χ0) is 8.27. The molecular weight excluding hydrogens is 136 g/mol. The Kier molecular flexibility index (Phi) is 2.26. The Morgan fingerprint density at radius 1 is 1.73 bits per heavy atom. The second kappa shape index (κ2) is 3.19. The van der Waals surface area contributed by atoms with Crippen molar-refractivity contribution in [2.45, 2.75) is 12.8 Å². The molecule has 0 spiro atoms. The minimum absolute atomic E-state index is 0.347. The molecule has 2 N–H and O–H groups in total. The first kappa shape index (κ1) is 7.79. The topological polar surface area (TPSA) is 38.9 Å². The van der Waals surface area contributed by atoms with Gasteiger partial charge in [-0.1, -0.05) is 13.0 Å². The monoisotopic (exact) mass is 148 g/mol. The van der Waals surface area contributed by atoms with Crippen molar-refractivity contribution in [1.29, 1.82) is 0 Å². The van der Waals surface area contributed by atoms with Crippen LogP contribution in [-0.2, 0) is 0 Å². The molecule has 1 aromatic heterocycles. The van der Waals surface area contributed by atoms with Crippen LogP contribution in [0.4, 0.5) is 5.82 Å². The van der Waals surface area contributed by atoms with E-state index in [9.17, 15) is 0 Å². The summed E-state index contributed by atoms with van der Waals surface area (Å²) in [7, 11) is 0. The zero-order valence-corrected chi connectivity index (χ0v) is 6.62. The molecule has 58 valence electrons.